The number of nitrogens with zero attached hydrogens (tertiary/aromatic N) is 1. The van der Waals surface area contributed by atoms with Gasteiger partial charge in [0.15, 0.2) is 0 Å². The van der Waals surface area contributed by atoms with E-state index in [-0.39, 0.29) is 5.91 Å². The van der Waals surface area contributed by atoms with Crippen LogP contribution in [-0.2, 0) is 4.74 Å². The van der Waals surface area contributed by atoms with Gasteiger partial charge in [-0.15, -0.1) is 0 Å². The van der Waals surface area contributed by atoms with Crippen molar-refractivity contribution >= 4 is 22.5 Å². The first-order chi connectivity index (χ1) is 10.2. The van der Waals surface area contributed by atoms with E-state index in [0.29, 0.717) is 24.5 Å². The zero-order valence-electron chi connectivity index (χ0n) is 12.3. The number of hydrogen-bond donors (Lipinski definition) is 2. The predicted molar refractivity (Wildman–Crippen MR) is 84.2 cm³/mol. The van der Waals surface area contributed by atoms with Crippen LogP contribution in [0.2, 0.25) is 0 Å². The van der Waals surface area contributed by atoms with E-state index >= 15 is 0 Å². The van der Waals surface area contributed by atoms with Crippen molar-refractivity contribution in [2.75, 3.05) is 25.5 Å². The molecule has 0 aliphatic carbocycles. The Labute approximate surface area is 124 Å². The van der Waals surface area contributed by atoms with Gasteiger partial charge in [0, 0.05) is 24.2 Å². The first kappa shape index (κ1) is 15.3. The minimum absolute atomic E-state index is 0.230. The number of hydrogen-bond acceptors (Lipinski definition) is 4. The lowest BCUT2D eigenvalue weighted by Gasteiger charge is -2.08. The van der Waals surface area contributed by atoms with Gasteiger partial charge in [0.1, 0.15) is 5.69 Å². The summed E-state index contributed by atoms with van der Waals surface area (Å²) in [5.74, 6) is -0.230. The van der Waals surface area contributed by atoms with Gasteiger partial charge in [0.05, 0.1) is 12.1 Å². The minimum atomic E-state index is -0.230. The minimum Gasteiger partial charge on any atom is -0.398 e. The fourth-order valence-electron chi connectivity index (χ4n) is 1.99. The Hall–Kier alpha value is -2.14. The zero-order valence-corrected chi connectivity index (χ0v) is 12.3. The molecule has 0 saturated carbocycles. The van der Waals surface area contributed by atoms with Crippen LogP contribution >= 0.6 is 0 Å². The molecule has 2 aromatic rings. The molecule has 112 valence electrons. The average Bonchev–Trinajstić information content (AvgIpc) is 2.50. The van der Waals surface area contributed by atoms with Crippen LogP contribution in [0.15, 0.2) is 30.3 Å². The average molecular weight is 287 g/mol. The number of amides is 1. The molecule has 0 saturated heterocycles. The lowest BCUT2D eigenvalue weighted by Crippen LogP contribution is -2.28. The number of carbonyl (C=O) groups excluding carboxylic acids is 1. The van der Waals surface area contributed by atoms with E-state index in [1.807, 2.05) is 24.3 Å². The van der Waals surface area contributed by atoms with Gasteiger partial charge in [-0.2, -0.15) is 0 Å². The first-order valence-electron chi connectivity index (χ1n) is 7.23. The van der Waals surface area contributed by atoms with E-state index in [2.05, 4.69) is 17.2 Å². The quantitative estimate of drug-likeness (QED) is 0.766. The van der Waals surface area contributed by atoms with Gasteiger partial charge in [0.25, 0.3) is 5.91 Å². The van der Waals surface area contributed by atoms with Crippen LogP contribution in [0.5, 0.6) is 0 Å². The normalized spacial score (nSPS) is 10.7. The molecular weight excluding hydrogens is 266 g/mol. The summed E-state index contributed by atoms with van der Waals surface area (Å²) in [6.07, 6.45) is 2.14. The molecular formula is C16H21N3O2. The SMILES string of the molecule is CCCCOCCNC(=O)c1cc(N)c2ccccc2n1. The van der Waals surface area contributed by atoms with Crippen molar-refractivity contribution in [3.8, 4) is 0 Å². The van der Waals surface area contributed by atoms with E-state index in [4.69, 9.17) is 10.5 Å². The highest BCUT2D eigenvalue weighted by molar-refractivity contribution is 5.99. The van der Waals surface area contributed by atoms with Gasteiger partial charge in [-0.25, -0.2) is 4.98 Å². The number of rotatable bonds is 7. The molecule has 0 spiro atoms. The number of nitrogens with one attached hydrogen (secondary N) is 1. The Bertz CT molecular complexity index is 613. The van der Waals surface area contributed by atoms with Crippen molar-refractivity contribution in [2.24, 2.45) is 0 Å². The molecule has 2 rings (SSSR count). The van der Waals surface area contributed by atoms with Crippen molar-refractivity contribution in [3.63, 3.8) is 0 Å². The highest BCUT2D eigenvalue weighted by atomic mass is 16.5. The summed E-state index contributed by atoms with van der Waals surface area (Å²) < 4.78 is 5.39. The van der Waals surface area contributed by atoms with Crippen LogP contribution in [-0.4, -0.2) is 30.6 Å². The molecule has 3 N–H and O–H groups in total. The van der Waals surface area contributed by atoms with Crippen molar-refractivity contribution in [3.05, 3.63) is 36.0 Å². The van der Waals surface area contributed by atoms with Gasteiger partial charge < -0.3 is 15.8 Å². The Kier molecular flexibility index (Phi) is 5.51. The third-order valence-corrected chi connectivity index (χ3v) is 3.16. The Morgan fingerprint density at radius 2 is 2.14 bits per heavy atom. The van der Waals surface area contributed by atoms with Gasteiger partial charge in [-0.1, -0.05) is 31.5 Å². The molecule has 0 atom stereocenters. The van der Waals surface area contributed by atoms with Crippen LogP contribution in [0.25, 0.3) is 10.9 Å². The molecule has 5 heteroatoms. The van der Waals surface area contributed by atoms with E-state index in [1.165, 1.54) is 0 Å². The van der Waals surface area contributed by atoms with E-state index in [9.17, 15) is 4.79 Å². The smallest absolute Gasteiger partial charge is 0.270 e. The fourth-order valence-corrected chi connectivity index (χ4v) is 1.99. The molecule has 0 radical (unpaired) electrons. The van der Waals surface area contributed by atoms with Gasteiger partial charge in [-0.05, 0) is 18.6 Å². The molecule has 21 heavy (non-hydrogen) atoms. The molecule has 1 aromatic carbocycles. The standard InChI is InChI=1S/C16H21N3O2/c1-2-3-9-21-10-8-18-16(20)15-11-13(17)12-6-4-5-7-14(12)19-15/h4-7,11H,2-3,8-10H2,1H3,(H2,17,19)(H,18,20). The molecule has 0 bridgehead atoms. The predicted octanol–water partition coefficient (Wildman–Crippen LogP) is 2.36. The maximum absolute atomic E-state index is 12.0. The second kappa shape index (κ2) is 7.59. The Balaban J connectivity index is 1.93. The second-order valence-electron chi connectivity index (χ2n) is 4.84. The number of aromatic nitrogens is 1. The number of unbranched alkanes of at least 4 members (excludes halogenated alkanes) is 1. The summed E-state index contributed by atoms with van der Waals surface area (Å²) in [6, 6.07) is 9.11. The monoisotopic (exact) mass is 287 g/mol. The van der Waals surface area contributed by atoms with Crippen molar-refractivity contribution in [1.82, 2.24) is 10.3 Å². The van der Waals surface area contributed by atoms with E-state index in [1.54, 1.807) is 6.07 Å². The lowest BCUT2D eigenvalue weighted by molar-refractivity contribution is 0.0908. The molecule has 0 unspecified atom stereocenters. The Morgan fingerprint density at radius 1 is 1.33 bits per heavy atom. The summed E-state index contributed by atoms with van der Waals surface area (Å²) in [6.45, 7) is 3.82. The number of anilines is 1. The molecule has 0 aliphatic rings. The van der Waals surface area contributed by atoms with Crippen molar-refractivity contribution in [2.45, 2.75) is 19.8 Å². The highest BCUT2D eigenvalue weighted by Crippen LogP contribution is 2.19. The molecule has 0 fully saturated rings. The zero-order chi connectivity index (χ0) is 15.1. The molecule has 1 amide bonds. The van der Waals surface area contributed by atoms with Crippen LogP contribution in [0.1, 0.15) is 30.3 Å². The number of nitrogen functional groups attached to an aromatic ring is 1. The summed E-state index contributed by atoms with van der Waals surface area (Å²) in [5.41, 5.74) is 7.58. The number of ether oxygens (including phenoxy) is 1. The number of benzene rings is 1. The largest absolute Gasteiger partial charge is 0.398 e. The van der Waals surface area contributed by atoms with Gasteiger partial charge in [-0.3, -0.25) is 4.79 Å². The maximum Gasteiger partial charge on any atom is 0.270 e. The number of fused-ring (bicyclic) bond motifs is 1. The third-order valence-electron chi connectivity index (χ3n) is 3.16. The summed E-state index contributed by atoms with van der Waals surface area (Å²) in [4.78, 5) is 16.4. The van der Waals surface area contributed by atoms with E-state index < -0.39 is 0 Å². The van der Waals surface area contributed by atoms with Gasteiger partial charge >= 0.3 is 0 Å². The van der Waals surface area contributed by atoms with Crippen molar-refractivity contribution < 1.29 is 9.53 Å². The second-order valence-corrected chi connectivity index (χ2v) is 4.84. The van der Waals surface area contributed by atoms with Crippen molar-refractivity contribution in [1.29, 1.82) is 0 Å². The summed E-state index contributed by atoms with van der Waals surface area (Å²) in [5, 5.41) is 3.64. The maximum atomic E-state index is 12.0. The fraction of sp³-hybridized carbons (Fsp3) is 0.375. The van der Waals surface area contributed by atoms with Crippen LogP contribution < -0.4 is 11.1 Å². The first-order valence-corrected chi connectivity index (χ1v) is 7.23. The number of carbonyl (C=O) groups is 1. The molecule has 5 nitrogen and oxygen atoms in total. The molecule has 1 aromatic heterocycles. The summed E-state index contributed by atoms with van der Waals surface area (Å²) >= 11 is 0. The van der Waals surface area contributed by atoms with Crippen LogP contribution in [0, 0.1) is 0 Å². The van der Waals surface area contributed by atoms with Crippen LogP contribution in [0.4, 0.5) is 5.69 Å². The Morgan fingerprint density at radius 3 is 2.95 bits per heavy atom. The van der Waals surface area contributed by atoms with Crippen LogP contribution in [0.3, 0.4) is 0 Å². The number of pyridine rings is 1. The topological polar surface area (TPSA) is 77.2 Å². The van der Waals surface area contributed by atoms with Gasteiger partial charge in [0.2, 0.25) is 0 Å². The molecule has 0 aliphatic heterocycles. The van der Waals surface area contributed by atoms with E-state index in [0.717, 1.165) is 30.4 Å². The highest BCUT2D eigenvalue weighted by Gasteiger charge is 2.10. The number of nitrogens with two attached hydrogens (primary N) is 1. The molecule has 1 heterocycles. The third kappa shape index (κ3) is 4.16. The lowest BCUT2D eigenvalue weighted by atomic mass is 10.1. The number of para-hydroxylation sites is 1. The summed E-state index contributed by atoms with van der Waals surface area (Å²) in [7, 11) is 0.